The van der Waals surface area contributed by atoms with E-state index >= 15 is 0 Å². The van der Waals surface area contributed by atoms with Gasteiger partial charge in [-0.25, -0.2) is 0 Å². The largest absolute Gasteiger partial charge is 0.497 e. The number of carbonyl (C=O) groups excluding carboxylic acids is 2. The van der Waals surface area contributed by atoms with Crippen LogP contribution in [0.1, 0.15) is 31.2 Å². The highest BCUT2D eigenvalue weighted by Gasteiger charge is 2.36. The Labute approximate surface area is 143 Å². The van der Waals surface area contributed by atoms with Gasteiger partial charge in [0, 0.05) is 38.5 Å². The number of nitrogens with zero attached hydrogens (tertiary/aromatic N) is 2. The minimum atomic E-state index is -0.139. The van der Waals surface area contributed by atoms with Crippen LogP contribution in [-0.2, 0) is 16.0 Å². The standard InChI is InChI=1S/C19H26N2O3/c1-20-10-8-15(13-18(20)22)19(23)21-9-4-6-16(21)11-14-5-3-7-17(12-14)24-2/h3,5,7,12,15-16H,4,6,8-11,13H2,1-2H3/t15-,16-/m0/s1. The van der Waals surface area contributed by atoms with Crippen LogP contribution in [0.15, 0.2) is 24.3 Å². The predicted molar refractivity (Wildman–Crippen MR) is 91.8 cm³/mol. The molecule has 24 heavy (non-hydrogen) atoms. The molecular formula is C19H26N2O3. The minimum absolute atomic E-state index is 0.0862. The lowest BCUT2D eigenvalue weighted by atomic mass is 9.94. The summed E-state index contributed by atoms with van der Waals surface area (Å²) < 4.78 is 5.29. The van der Waals surface area contributed by atoms with Crippen molar-refractivity contribution in [3.8, 4) is 5.75 Å². The zero-order chi connectivity index (χ0) is 17.1. The maximum atomic E-state index is 12.9. The van der Waals surface area contributed by atoms with Gasteiger partial charge in [0.15, 0.2) is 0 Å². The van der Waals surface area contributed by atoms with Crippen LogP contribution < -0.4 is 4.74 Å². The summed E-state index contributed by atoms with van der Waals surface area (Å²) in [4.78, 5) is 28.6. The quantitative estimate of drug-likeness (QED) is 0.849. The summed E-state index contributed by atoms with van der Waals surface area (Å²) in [6, 6.07) is 8.29. The first-order chi connectivity index (χ1) is 11.6. The third-order valence-electron chi connectivity index (χ3n) is 5.27. The summed E-state index contributed by atoms with van der Waals surface area (Å²) in [6.45, 7) is 1.50. The molecule has 2 aliphatic rings. The molecule has 0 saturated carbocycles. The molecule has 130 valence electrons. The lowest BCUT2D eigenvalue weighted by Crippen LogP contribution is -2.45. The van der Waals surface area contributed by atoms with Gasteiger partial charge in [-0.1, -0.05) is 12.1 Å². The summed E-state index contributed by atoms with van der Waals surface area (Å²) in [5.74, 6) is 0.967. The van der Waals surface area contributed by atoms with Crippen LogP contribution in [0, 0.1) is 5.92 Å². The molecule has 2 aliphatic heterocycles. The molecule has 1 aromatic rings. The van der Waals surface area contributed by atoms with Crippen LogP contribution in [-0.4, -0.2) is 54.9 Å². The van der Waals surface area contributed by atoms with Crippen molar-refractivity contribution in [1.82, 2.24) is 9.80 Å². The number of methoxy groups -OCH3 is 1. The molecule has 0 radical (unpaired) electrons. The molecule has 3 rings (SSSR count). The molecule has 0 spiro atoms. The summed E-state index contributed by atoms with van der Waals surface area (Å²) >= 11 is 0. The maximum absolute atomic E-state index is 12.9. The molecule has 2 fully saturated rings. The Morgan fingerprint density at radius 3 is 2.88 bits per heavy atom. The van der Waals surface area contributed by atoms with Crippen molar-refractivity contribution in [2.24, 2.45) is 5.92 Å². The van der Waals surface area contributed by atoms with Crippen molar-refractivity contribution >= 4 is 11.8 Å². The van der Waals surface area contributed by atoms with Gasteiger partial charge in [0.25, 0.3) is 0 Å². The number of likely N-dealkylation sites (tertiary alicyclic amines) is 2. The Kier molecular flexibility index (Phi) is 5.07. The van der Waals surface area contributed by atoms with Gasteiger partial charge in [0.05, 0.1) is 7.11 Å². The van der Waals surface area contributed by atoms with E-state index in [9.17, 15) is 9.59 Å². The van der Waals surface area contributed by atoms with Crippen molar-refractivity contribution in [1.29, 1.82) is 0 Å². The SMILES string of the molecule is COc1cccc(C[C@@H]2CCCN2C(=O)[C@H]2CCN(C)C(=O)C2)c1. The molecule has 2 atom stereocenters. The van der Waals surface area contributed by atoms with Gasteiger partial charge in [-0.15, -0.1) is 0 Å². The average molecular weight is 330 g/mol. The molecule has 2 amide bonds. The number of amides is 2. The van der Waals surface area contributed by atoms with Crippen molar-refractivity contribution in [2.45, 2.75) is 38.1 Å². The molecule has 0 unspecified atom stereocenters. The first-order valence-electron chi connectivity index (χ1n) is 8.76. The first kappa shape index (κ1) is 16.8. The smallest absolute Gasteiger partial charge is 0.226 e. The van der Waals surface area contributed by atoms with Gasteiger partial charge in [0.1, 0.15) is 5.75 Å². The minimum Gasteiger partial charge on any atom is -0.497 e. The van der Waals surface area contributed by atoms with Crippen molar-refractivity contribution in [3.63, 3.8) is 0 Å². The van der Waals surface area contributed by atoms with E-state index in [2.05, 4.69) is 6.07 Å². The highest BCUT2D eigenvalue weighted by Crippen LogP contribution is 2.27. The highest BCUT2D eigenvalue weighted by atomic mass is 16.5. The van der Waals surface area contributed by atoms with Gasteiger partial charge >= 0.3 is 0 Å². The summed E-state index contributed by atoms with van der Waals surface area (Å²) in [6.07, 6.45) is 4.06. The number of carbonyl (C=O) groups is 2. The van der Waals surface area contributed by atoms with Crippen LogP contribution >= 0.6 is 0 Å². The number of benzene rings is 1. The van der Waals surface area contributed by atoms with E-state index in [0.717, 1.165) is 38.0 Å². The van der Waals surface area contributed by atoms with E-state index in [4.69, 9.17) is 4.74 Å². The van der Waals surface area contributed by atoms with Crippen molar-refractivity contribution in [3.05, 3.63) is 29.8 Å². The van der Waals surface area contributed by atoms with E-state index in [0.29, 0.717) is 13.0 Å². The fourth-order valence-electron chi connectivity index (χ4n) is 3.80. The van der Waals surface area contributed by atoms with Gasteiger partial charge in [-0.2, -0.15) is 0 Å². The first-order valence-corrected chi connectivity index (χ1v) is 8.76. The molecule has 0 bridgehead atoms. The Balaban J connectivity index is 1.66. The topological polar surface area (TPSA) is 49.9 Å². The molecule has 0 aliphatic carbocycles. The Bertz CT molecular complexity index is 616. The molecule has 2 heterocycles. The normalized spacial score (nSPS) is 24.3. The molecule has 1 aromatic carbocycles. The van der Waals surface area contributed by atoms with Crippen molar-refractivity contribution < 1.29 is 14.3 Å². The van der Waals surface area contributed by atoms with Crippen LogP contribution in [0.2, 0.25) is 0 Å². The number of piperidine rings is 1. The van der Waals surface area contributed by atoms with Gasteiger partial charge in [-0.3, -0.25) is 9.59 Å². The van der Waals surface area contributed by atoms with E-state index < -0.39 is 0 Å². The van der Waals surface area contributed by atoms with Crippen molar-refractivity contribution in [2.75, 3.05) is 27.2 Å². The predicted octanol–water partition coefficient (Wildman–Crippen LogP) is 2.10. The molecule has 0 N–H and O–H groups in total. The highest BCUT2D eigenvalue weighted by molar-refractivity contribution is 5.87. The maximum Gasteiger partial charge on any atom is 0.226 e. The van der Waals surface area contributed by atoms with Crippen LogP contribution in [0.5, 0.6) is 5.75 Å². The second-order valence-electron chi connectivity index (χ2n) is 6.89. The summed E-state index contributed by atoms with van der Waals surface area (Å²) in [5.41, 5.74) is 1.19. The van der Waals surface area contributed by atoms with Crippen LogP contribution in [0.3, 0.4) is 0 Å². The van der Waals surface area contributed by atoms with Crippen LogP contribution in [0.4, 0.5) is 0 Å². The second-order valence-corrected chi connectivity index (χ2v) is 6.89. The van der Waals surface area contributed by atoms with Gasteiger partial charge < -0.3 is 14.5 Å². The van der Waals surface area contributed by atoms with Gasteiger partial charge in [-0.05, 0) is 43.4 Å². The third-order valence-corrected chi connectivity index (χ3v) is 5.27. The third kappa shape index (κ3) is 3.55. The number of hydrogen-bond acceptors (Lipinski definition) is 3. The van der Waals surface area contributed by atoms with Gasteiger partial charge in [0.2, 0.25) is 11.8 Å². The Morgan fingerprint density at radius 1 is 1.29 bits per heavy atom. The van der Waals surface area contributed by atoms with E-state index in [1.54, 1.807) is 12.0 Å². The summed E-state index contributed by atoms with van der Waals surface area (Å²) in [7, 11) is 3.48. The number of hydrogen-bond donors (Lipinski definition) is 0. The Hall–Kier alpha value is -2.04. The average Bonchev–Trinajstić information content (AvgIpc) is 3.05. The van der Waals surface area contributed by atoms with Crippen LogP contribution in [0.25, 0.3) is 0 Å². The summed E-state index contributed by atoms with van der Waals surface area (Å²) in [5, 5.41) is 0. The molecule has 0 aromatic heterocycles. The fraction of sp³-hybridized carbons (Fsp3) is 0.579. The van der Waals surface area contributed by atoms with E-state index in [1.165, 1.54) is 5.56 Å². The van der Waals surface area contributed by atoms with E-state index in [-0.39, 0.29) is 23.8 Å². The lowest BCUT2D eigenvalue weighted by Gasteiger charge is -2.33. The lowest BCUT2D eigenvalue weighted by molar-refractivity contribution is -0.144. The Morgan fingerprint density at radius 2 is 2.12 bits per heavy atom. The zero-order valence-corrected chi connectivity index (χ0v) is 14.5. The molecule has 2 saturated heterocycles. The number of ether oxygens (including phenoxy) is 1. The second kappa shape index (κ2) is 7.24. The zero-order valence-electron chi connectivity index (χ0n) is 14.5. The monoisotopic (exact) mass is 330 g/mol. The number of rotatable bonds is 4. The molecule has 5 nitrogen and oxygen atoms in total. The molecule has 5 heteroatoms. The van der Waals surface area contributed by atoms with E-state index in [1.807, 2.05) is 30.1 Å². The fourth-order valence-corrected chi connectivity index (χ4v) is 3.80. The molecular weight excluding hydrogens is 304 g/mol.